The number of aryl methyl sites for hydroxylation is 4. The molecule has 0 fully saturated rings. The molecule has 0 saturated carbocycles. The second kappa shape index (κ2) is 9.96. The summed E-state index contributed by atoms with van der Waals surface area (Å²) < 4.78 is 1.93. The normalized spacial score (nSPS) is 14.9. The molecule has 0 amide bonds. The van der Waals surface area contributed by atoms with Crippen LogP contribution in [-0.4, -0.2) is 21.3 Å². The minimum Gasteiger partial charge on any atom is -0.299 e. The Bertz CT molecular complexity index is 2270. The Morgan fingerprint density at radius 3 is 2.17 bits per heavy atom. The van der Waals surface area contributed by atoms with E-state index in [1.807, 2.05) is 17.9 Å². The number of para-hydroxylation sites is 1. The fourth-order valence-corrected chi connectivity index (χ4v) is 8.83. The number of aromatic nitrogens is 2. The summed E-state index contributed by atoms with van der Waals surface area (Å²) >= 11 is 1.61. The summed E-state index contributed by atoms with van der Waals surface area (Å²) in [6, 6.07) is 26.9. The SMILES string of the molecule is Cc1cc(C)c(-c2ccc3c(c2)C(C)(C)c2cc(C=C4C(=O)c5ccccc5C4=O)sc2N3c2cccc3cnn(C)c23)c(C)c1. The highest BCUT2D eigenvalue weighted by atomic mass is 32.1. The number of benzene rings is 4. The molecule has 6 aromatic rings. The number of carbonyl (C=O) groups excluding carboxylic acids is 2. The van der Waals surface area contributed by atoms with Crippen molar-refractivity contribution < 1.29 is 9.59 Å². The minimum atomic E-state index is -0.357. The summed E-state index contributed by atoms with van der Waals surface area (Å²) in [6.45, 7) is 11.1. The number of thiophene rings is 1. The zero-order chi connectivity index (χ0) is 32.1. The molecule has 6 heteroatoms. The molecule has 0 saturated heterocycles. The number of nitrogens with zero attached hydrogens (tertiary/aromatic N) is 3. The topological polar surface area (TPSA) is 55.2 Å². The molecule has 0 radical (unpaired) electrons. The first-order valence-corrected chi connectivity index (χ1v) is 16.3. The number of allylic oxidation sites excluding steroid dienone is 1. The number of Topliss-reactive ketones (excluding diaryl/α,β-unsaturated/α-hetero) is 2. The quantitative estimate of drug-likeness (QED) is 0.146. The lowest BCUT2D eigenvalue weighted by molar-refractivity contribution is 0.0990. The molecule has 2 aliphatic rings. The molecule has 226 valence electrons. The van der Waals surface area contributed by atoms with Gasteiger partial charge >= 0.3 is 0 Å². The molecule has 0 N–H and O–H groups in total. The first-order valence-electron chi connectivity index (χ1n) is 15.5. The maximum atomic E-state index is 13.3. The van der Waals surface area contributed by atoms with E-state index in [1.54, 1.807) is 41.7 Å². The van der Waals surface area contributed by atoms with Gasteiger partial charge in [-0.2, -0.15) is 5.10 Å². The minimum absolute atomic E-state index is 0.209. The molecule has 0 unspecified atom stereocenters. The highest BCUT2D eigenvalue weighted by molar-refractivity contribution is 7.17. The summed E-state index contributed by atoms with van der Waals surface area (Å²) in [5.74, 6) is -0.418. The van der Waals surface area contributed by atoms with E-state index in [0.29, 0.717) is 11.1 Å². The van der Waals surface area contributed by atoms with Crippen molar-refractivity contribution in [3.05, 3.63) is 134 Å². The van der Waals surface area contributed by atoms with Crippen LogP contribution in [0.3, 0.4) is 0 Å². The summed E-state index contributed by atoms with van der Waals surface area (Å²) in [5.41, 5.74) is 12.6. The van der Waals surface area contributed by atoms with Gasteiger partial charge in [0, 0.05) is 33.9 Å². The molecule has 8 rings (SSSR count). The third-order valence-corrected chi connectivity index (χ3v) is 10.7. The van der Waals surface area contributed by atoms with Crippen LogP contribution in [0.5, 0.6) is 0 Å². The molecule has 1 aliphatic heterocycles. The smallest absolute Gasteiger partial charge is 0.197 e. The van der Waals surface area contributed by atoms with Crippen LogP contribution in [0, 0.1) is 20.8 Å². The molecule has 0 bridgehead atoms. The van der Waals surface area contributed by atoms with E-state index in [4.69, 9.17) is 0 Å². The molecule has 5 nitrogen and oxygen atoms in total. The third-order valence-electron chi connectivity index (χ3n) is 9.66. The maximum absolute atomic E-state index is 13.3. The Labute approximate surface area is 272 Å². The van der Waals surface area contributed by atoms with E-state index < -0.39 is 0 Å². The summed E-state index contributed by atoms with van der Waals surface area (Å²) in [7, 11) is 1.98. The standard InChI is InChI=1S/C40H33N3O2S/c1-22-16-23(2)35(24(3)17-22)25-14-15-33-31(18-25)40(4,5)32-20-27(19-30-37(44)28-11-7-8-12-29(28)38(30)45)46-39(32)43(33)34-13-9-10-26-21-41-42(6)36(26)34/h7-21H,1-6H3. The largest absolute Gasteiger partial charge is 0.299 e. The zero-order valence-electron chi connectivity index (χ0n) is 26.7. The van der Waals surface area contributed by atoms with Crippen molar-refractivity contribution in [2.75, 3.05) is 4.90 Å². The van der Waals surface area contributed by atoms with Crippen LogP contribution in [0.15, 0.2) is 90.6 Å². The number of rotatable bonds is 3. The fraction of sp³-hybridized carbons (Fsp3) is 0.175. The molecule has 0 atom stereocenters. The molecular formula is C40H33N3O2S. The van der Waals surface area contributed by atoms with Gasteiger partial charge < -0.3 is 0 Å². The zero-order valence-corrected chi connectivity index (χ0v) is 27.5. The first-order chi connectivity index (χ1) is 22.0. The summed E-state index contributed by atoms with van der Waals surface area (Å²) in [5, 5.41) is 6.73. The van der Waals surface area contributed by atoms with Crippen molar-refractivity contribution in [2.45, 2.75) is 40.0 Å². The molecular weight excluding hydrogens is 587 g/mol. The van der Waals surface area contributed by atoms with Crippen molar-refractivity contribution >= 4 is 56.3 Å². The van der Waals surface area contributed by atoms with Crippen LogP contribution in [0.1, 0.15) is 67.3 Å². The van der Waals surface area contributed by atoms with Gasteiger partial charge in [0.1, 0.15) is 5.00 Å². The van der Waals surface area contributed by atoms with Crippen molar-refractivity contribution in [3.63, 3.8) is 0 Å². The highest BCUT2D eigenvalue weighted by Crippen LogP contribution is 2.57. The Morgan fingerprint density at radius 2 is 1.48 bits per heavy atom. The van der Waals surface area contributed by atoms with E-state index in [2.05, 4.69) is 99.2 Å². The third kappa shape index (κ3) is 4.03. The predicted octanol–water partition coefficient (Wildman–Crippen LogP) is 9.80. The monoisotopic (exact) mass is 619 g/mol. The van der Waals surface area contributed by atoms with Crippen LogP contribution < -0.4 is 4.90 Å². The molecule has 1 aliphatic carbocycles. The Morgan fingerprint density at radius 1 is 0.783 bits per heavy atom. The van der Waals surface area contributed by atoms with E-state index in [1.165, 1.54) is 33.4 Å². The fourth-order valence-electron chi connectivity index (χ4n) is 7.54. The van der Waals surface area contributed by atoms with Crippen LogP contribution in [0.4, 0.5) is 16.4 Å². The predicted molar refractivity (Wildman–Crippen MR) is 188 cm³/mol. The molecule has 3 heterocycles. The van der Waals surface area contributed by atoms with Crippen molar-refractivity contribution in [2.24, 2.45) is 7.05 Å². The van der Waals surface area contributed by atoms with Crippen molar-refractivity contribution in [1.29, 1.82) is 0 Å². The molecule has 46 heavy (non-hydrogen) atoms. The van der Waals surface area contributed by atoms with E-state index in [9.17, 15) is 9.59 Å². The van der Waals surface area contributed by atoms with Crippen LogP contribution >= 0.6 is 11.3 Å². The second-order valence-corrected chi connectivity index (χ2v) is 14.1. The first kappa shape index (κ1) is 28.4. The number of ketones is 2. The van der Waals surface area contributed by atoms with Gasteiger partial charge in [-0.1, -0.05) is 74.0 Å². The molecule has 2 aromatic heterocycles. The average molecular weight is 620 g/mol. The second-order valence-electron chi connectivity index (χ2n) is 13.1. The van der Waals surface area contributed by atoms with Crippen LogP contribution in [0.2, 0.25) is 0 Å². The number of hydrogen-bond donors (Lipinski definition) is 0. The van der Waals surface area contributed by atoms with E-state index in [0.717, 1.165) is 37.7 Å². The van der Waals surface area contributed by atoms with Gasteiger partial charge in [-0.05, 0) is 84.5 Å². The molecule has 4 aromatic carbocycles. The van der Waals surface area contributed by atoms with Crippen LogP contribution in [-0.2, 0) is 12.5 Å². The van der Waals surface area contributed by atoms with Gasteiger partial charge in [0.05, 0.1) is 28.7 Å². The summed E-state index contributed by atoms with van der Waals surface area (Å²) in [6.07, 6.45) is 3.70. The van der Waals surface area contributed by atoms with Crippen LogP contribution in [0.25, 0.3) is 28.1 Å². The lowest BCUT2D eigenvalue weighted by Crippen LogP contribution is -2.29. The lowest BCUT2D eigenvalue weighted by Gasteiger charge is -2.40. The Kier molecular flexibility index (Phi) is 6.15. The van der Waals surface area contributed by atoms with Gasteiger partial charge in [-0.15, -0.1) is 11.3 Å². The van der Waals surface area contributed by atoms with E-state index in [-0.39, 0.29) is 22.6 Å². The van der Waals surface area contributed by atoms with Gasteiger partial charge in [-0.25, -0.2) is 0 Å². The van der Waals surface area contributed by atoms with Gasteiger partial charge in [0.15, 0.2) is 11.6 Å². The number of fused-ring (bicyclic) bond motifs is 4. The van der Waals surface area contributed by atoms with E-state index >= 15 is 0 Å². The number of anilines is 3. The lowest BCUT2D eigenvalue weighted by atomic mass is 9.74. The number of hydrogen-bond acceptors (Lipinski definition) is 5. The Hall–Kier alpha value is -5.07. The van der Waals surface area contributed by atoms with Crippen molar-refractivity contribution in [1.82, 2.24) is 9.78 Å². The molecule has 0 spiro atoms. The maximum Gasteiger partial charge on any atom is 0.197 e. The average Bonchev–Trinajstić information content (AvgIpc) is 3.69. The van der Waals surface area contributed by atoms with Gasteiger partial charge in [0.25, 0.3) is 0 Å². The van der Waals surface area contributed by atoms with Crippen molar-refractivity contribution in [3.8, 4) is 11.1 Å². The highest BCUT2D eigenvalue weighted by Gasteiger charge is 2.40. The Balaban J connectivity index is 1.36. The van der Waals surface area contributed by atoms with Gasteiger partial charge in [0.2, 0.25) is 0 Å². The number of carbonyl (C=O) groups is 2. The van der Waals surface area contributed by atoms with Gasteiger partial charge in [-0.3, -0.25) is 19.2 Å². The summed E-state index contributed by atoms with van der Waals surface area (Å²) in [4.78, 5) is 29.9.